The molecule has 2 heteroatoms. The van der Waals surface area contributed by atoms with Gasteiger partial charge < -0.3 is 4.40 Å². The van der Waals surface area contributed by atoms with Crippen LogP contribution >= 0.6 is 0 Å². The van der Waals surface area contributed by atoms with Gasteiger partial charge in [-0.15, -0.1) is 0 Å². The summed E-state index contributed by atoms with van der Waals surface area (Å²) in [4.78, 5) is 4.42. The van der Waals surface area contributed by atoms with Crippen LogP contribution in [0.25, 0.3) is 5.52 Å². The predicted octanol–water partition coefficient (Wildman–Crippen LogP) is 5.36. The minimum Gasteiger partial charge on any atom is -0.303 e. The van der Waals surface area contributed by atoms with Gasteiger partial charge in [0, 0.05) is 5.69 Å². The fourth-order valence-electron chi connectivity index (χ4n) is 7.08. The van der Waals surface area contributed by atoms with Crippen LogP contribution in [0.15, 0.2) is 24.7 Å². The van der Waals surface area contributed by atoms with E-state index < -0.39 is 0 Å². The smallest absolute Gasteiger partial charge is 0.0994 e. The average molecular weight is 320 g/mol. The maximum absolute atomic E-state index is 4.42. The summed E-state index contributed by atoms with van der Waals surface area (Å²) in [5.74, 6) is 4.05. The maximum atomic E-state index is 4.42. The first-order chi connectivity index (χ1) is 11.8. The van der Waals surface area contributed by atoms with Crippen molar-refractivity contribution >= 4 is 5.52 Å². The summed E-state index contributed by atoms with van der Waals surface area (Å²) < 4.78 is 2.40. The van der Waals surface area contributed by atoms with E-state index in [0.29, 0.717) is 5.41 Å². The van der Waals surface area contributed by atoms with Gasteiger partial charge in [0.2, 0.25) is 0 Å². The Kier molecular flexibility index (Phi) is 2.82. The first-order valence-corrected chi connectivity index (χ1v) is 10.2. The van der Waals surface area contributed by atoms with Crippen LogP contribution in [0.3, 0.4) is 0 Å². The van der Waals surface area contributed by atoms with E-state index in [1.807, 2.05) is 6.20 Å². The number of aryl methyl sites for hydroxylation is 1. The Labute approximate surface area is 144 Å². The molecule has 5 saturated carbocycles. The van der Waals surface area contributed by atoms with Crippen LogP contribution in [0.4, 0.5) is 0 Å². The lowest BCUT2D eigenvalue weighted by Gasteiger charge is -2.57. The molecule has 0 radical (unpaired) electrons. The summed E-state index contributed by atoms with van der Waals surface area (Å²) >= 11 is 0. The third-order valence-corrected chi connectivity index (χ3v) is 7.80. The van der Waals surface area contributed by atoms with Gasteiger partial charge in [-0.25, -0.2) is 4.98 Å². The van der Waals surface area contributed by atoms with Crippen molar-refractivity contribution in [2.24, 2.45) is 23.2 Å². The van der Waals surface area contributed by atoms with Gasteiger partial charge in [-0.1, -0.05) is 6.07 Å². The highest BCUT2D eigenvalue weighted by Crippen LogP contribution is 2.61. The fourth-order valence-corrected chi connectivity index (χ4v) is 7.08. The van der Waals surface area contributed by atoms with Gasteiger partial charge in [0.05, 0.1) is 18.0 Å². The summed E-state index contributed by atoms with van der Waals surface area (Å²) in [6, 6.07) is 4.68. The van der Waals surface area contributed by atoms with Gasteiger partial charge in [0.1, 0.15) is 0 Å². The third kappa shape index (κ3) is 2.11. The van der Waals surface area contributed by atoms with Crippen LogP contribution in [0.2, 0.25) is 0 Å². The number of imidazole rings is 1. The van der Waals surface area contributed by atoms with E-state index in [9.17, 15) is 0 Å². The van der Waals surface area contributed by atoms with E-state index in [-0.39, 0.29) is 0 Å². The normalized spacial score (nSPS) is 37.4. The molecule has 7 rings (SSSR count). The fraction of sp³-hybridized carbons (Fsp3) is 0.682. The molecule has 0 aromatic carbocycles. The highest BCUT2D eigenvalue weighted by molar-refractivity contribution is 5.49. The Morgan fingerprint density at radius 1 is 1.00 bits per heavy atom. The molecule has 0 saturated heterocycles. The molecule has 0 N–H and O–H groups in total. The van der Waals surface area contributed by atoms with Crippen LogP contribution in [0.1, 0.15) is 75.0 Å². The summed E-state index contributed by atoms with van der Waals surface area (Å²) in [6.07, 6.45) is 18.8. The number of hydrogen-bond acceptors (Lipinski definition) is 1. The first kappa shape index (κ1) is 13.9. The Morgan fingerprint density at radius 2 is 1.71 bits per heavy atom. The lowest BCUT2D eigenvalue weighted by molar-refractivity contribution is -0.0571. The van der Waals surface area contributed by atoms with Crippen molar-refractivity contribution in [3.05, 3.63) is 35.9 Å². The van der Waals surface area contributed by atoms with E-state index in [1.54, 1.807) is 49.8 Å². The van der Waals surface area contributed by atoms with Crippen molar-refractivity contribution in [1.82, 2.24) is 9.38 Å². The van der Waals surface area contributed by atoms with Gasteiger partial charge in [-0.3, -0.25) is 0 Å². The third-order valence-electron chi connectivity index (χ3n) is 7.80. The van der Waals surface area contributed by atoms with Gasteiger partial charge in [-0.05, 0) is 105 Å². The van der Waals surface area contributed by atoms with Gasteiger partial charge in [-0.2, -0.15) is 0 Å². The minimum atomic E-state index is 0.693. The molecule has 5 fully saturated rings. The summed E-state index contributed by atoms with van der Waals surface area (Å²) in [6.45, 7) is 0. The Morgan fingerprint density at radius 3 is 2.38 bits per heavy atom. The summed E-state index contributed by atoms with van der Waals surface area (Å²) in [5.41, 5.74) is 5.19. The molecule has 2 aromatic rings. The highest BCUT2D eigenvalue weighted by Gasteiger charge is 2.50. The van der Waals surface area contributed by atoms with E-state index >= 15 is 0 Å². The van der Waals surface area contributed by atoms with Crippen LogP contribution in [0, 0.1) is 23.2 Å². The van der Waals surface area contributed by atoms with Crippen molar-refractivity contribution in [3.8, 4) is 0 Å². The SMILES string of the molecule is c1cc2cncn2c(CCC23CC4CC(CC(C4)C2)C3)c1C1CC1. The summed E-state index contributed by atoms with van der Waals surface area (Å²) in [7, 11) is 0. The van der Waals surface area contributed by atoms with Crippen LogP contribution in [-0.2, 0) is 6.42 Å². The molecule has 2 nitrogen and oxygen atoms in total. The second kappa shape index (κ2) is 4.86. The number of pyridine rings is 1. The second-order valence-electron chi connectivity index (χ2n) is 9.62. The van der Waals surface area contributed by atoms with Crippen molar-refractivity contribution in [3.63, 3.8) is 0 Å². The molecule has 5 aliphatic carbocycles. The second-order valence-corrected chi connectivity index (χ2v) is 9.62. The molecule has 0 amide bonds. The lowest BCUT2D eigenvalue weighted by atomic mass is 9.48. The van der Waals surface area contributed by atoms with Crippen LogP contribution in [-0.4, -0.2) is 9.38 Å². The van der Waals surface area contributed by atoms with Crippen molar-refractivity contribution in [2.45, 2.75) is 70.1 Å². The van der Waals surface area contributed by atoms with Gasteiger partial charge >= 0.3 is 0 Å². The largest absolute Gasteiger partial charge is 0.303 e. The zero-order valence-electron chi connectivity index (χ0n) is 14.6. The van der Waals surface area contributed by atoms with Crippen LogP contribution in [0.5, 0.6) is 0 Å². The maximum Gasteiger partial charge on any atom is 0.0994 e. The molecule has 0 atom stereocenters. The molecule has 0 spiro atoms. The Balaban J connectivity index is 1.32. The molecule has 24 heavy (non-hydrogen) atoms. The number of rotatable bonds is 4. The number of fused-ring (bicyclic) bond motifs is 1. The topological polar surface area (TPSA) is 17.3 Å². The zero-order chi connectivity index (χ0) is 15.7. The van der Waals surface area contributed by atoms with Crippen molar-refractivity contribution < 1.29 is 0 Å². The lowest BCUT2D eigenvalue weighted by Crippen LogP contribution is -2.46. The van der Waals surface area contributed by atoms with E-state index in [4.69, 9.17) is 0 Å². The monoisotopic (exact) mass is 320 g/mol. The van der Waals surface area contributed by atoms with E-state index in [1.165, 1.54) is 31.2 Å². The molecule has 4 bridgehead atoms. The molecule has 2 aromatic heterocycles. The standard InChI is InChI=1S/C22H28N2/c1-2-18(1)20-4-3-19-13-23-14-24(19)21(20)5-6-22-10-15-7-16(11-22)9-17(8-15)12-22/h3-4,13-18H,1-2,5-12H2. The van der Waals surface area contributed by atoms with E-state index in [2.05, 4.69) is 27.8 Å². The molecular formula is C22H28N2. The molecular weight excluding hydrogens is 292 g/mol. The zero-order valence-corrected chi connectivity index (χ0v) is 14.6. The number of nitrogens with zero attached hydrogens (tertiary/aromatic N) is 2. The Bertz CT molecular complexity index is 747. The summed E-state index contributed by atoms with van der Waals surface area (Å²) in [5, 5.41) is 0. The number of aromatic nitrogens is 2. The van der Waals surface area contributed by atoms with Gasteiger partial charge in [0.15, 0.2) is 0 Å². The minimum absolute atomic E-state index is 0.693. The predicted molar refractivity (Wildman–Crippen MR) is 96.1 cm³/mol. The number of hydrogen-bond donors (Lipinski definition) is 0. The van der Waals surface area contributed by atoms with E-state index in [0.717, 1.165) is 23.7 Å². The Hall–Kier alpha value is -1.31. The highest BCUT2D eigenvalue weighted by atomic mass is 15.0. The van der Waals surface area contributed by atoms with Crippen molar-refractivity contribution in [2.75, 3.05) is 0 Å². The molecule has 2 heterocycles. The first-order valence-electron chi connectivity index (χ1n) is 10.2. The molecule has 0 aliphatic heterocycles. The average Bonchev–Trinajstić information content (AvgIpc) is 3.28. The molecule has 5 aliphatic rings. The van der Waals surface area contributed by atoms with Crippen molar-refractivity contribution in [1.29, 1.82) is 0 Å². The molecule has 0 unspecified atom stereocenters. The molecule has 126 valence electrons. The van der Waals surface area contributed by atoms with Crippen LogP contribution < -0.4 is 0 Å². The van der Waals surface area contributed by atoms with Gasteiger partial charge in [0.25, 0.3) is 0 Å². The quantitative estimate of drug-likeness (QED) is 0.741.